The summed E-state index contributed by atoms with van der Waals surface area (Å²) in [6.45, 7) is 6.78. The van der Waals surface area contributed by atoms with Crippen molar-refractivity contribution >= 4 is 12.9 Å². The van der Waals surface area contributed by atoms with E-state index in [1.54, 1.807) is 30.8 Å². The zero-order valence-electron chi connectivity index (χ0n) is 6.93. The third kappa shape index (κ3) is 8.30. The fourth-order valence-corrected chi connectivity index (χ4v) is 0.449. The Morgan fingerprint density at radius 2 is 1.58 bits per heavy atom. The van der Waals surface area contributed by atoms with E-state index in [1.807, 2.05) is 18.2 Å². The van der Waals surface area contributed by atoms with Gasteiger partial charge in [0.15, 0.2) is 0 Å². The van der Waals surface area contributed by atoms with Crippen LogP contribution in [0.5, 0.6) is 0 Å². The molecule has 0 heterocycles. The van der Waals surface area contributed by atoms with Crippen LogP contribution < -0.4 is 0 Å². The zero-order valence-corrected chi connectivity index (χ0v) is 6.93. The molecule has 0 rings (SSSR count). The smallest absolute Gasteiger partial charge is 0.0267 e. The van der Waals surface area contributed by atoms with Crippen molar-refractivity contribution in [1.82, 2.24) is 0 Å². The molecule has 0 aromatic carbocycles. The normalized spacial score (nSPS) is 12.3. The van der Waals surface area contributed by atoms with Crippen molar-refractivity contribution in [1.29, 1.82) is 0 Å². The fraction of sp³-hybridized carbons (Fsp3) is 0. The lowest BCUT2D eigenvalue weighted by atomic mass is 10.4. The first-order chi connectivity index (χ1) is 5.91. The van der Waals surface area contributed by atoms with Gasteiger partial charge in [-0.05, 0) is 18.9 Å². The summed E-state index contributed by atoms with van der Waals surface area (Å²) < 4.78 is 0. The molecule has 0 aliphatic rings. The highest BCUT2D eigenvalue weighted by atomic mass is 14.6. The Hall–Kier alpha value is -1.70. The molecule has 0 unspecified atom stereocenters. The van der Waals surface area contributed by atoms with Gasteiger partial charge in [0, 0.05) is 18.6 Å². The maximum atomic E-state index is 3.87. The second-order valence-electron chi connectivity index (χ2n) is 1.78. The van der Waals surface area contributed by atoms with Crippen molar-refractivity contribution in [3.63, 3.8) is 0 Å². The van der Waals surface area contributed by atoms with Gasteiger partial charge in [0.05, 0.1) is 0 Å². The Labute approximate surface area is 73.1 Å². The summed E-state index contributed by atoms with van der Waals surface area (Å²) in [5, 5.41) is 0. The Morgan fingerprint density at radius 1 is 0.917 bits per heavy atom. The summed E-state index contributed by atoms with van der Waals surface area (Å²) in [6, 6.07) is 0. The minimum Gasteiger partial charge on any atom is -0.273 e. The lowest BCUT2D eigenvalue weighted by Gasteiger charge is -1.72. The molecule has 2 nitrogen and oxygen atoms in total. The molecular weight excluding hydrogens is 148 g/mol. The third-order valence-corrected chi connectivity index (χ3v) is 0.888. The Balaban J connectivity index is 3.65. The van der Waals surface area contributed by atoms with Crippen LogP contribution >= 0.6 is 0 Å². The number of hydrogen-bond acceptors (Lipinski definition) is 2. The van der Waals surface area contributed by atoms with E-state index in [4.69, 9.17) is 0 Å². The quantitative estimate of drug-likeness (QED) is 0.436. The SMILES string of the molecule is C=CC=N/C=C/C=C\C=C\N=C. The number of nitrogens with zero attached hydrogens (tertiary/aromatic N) is 2. The van der Waals surface area contributed by atoms with Crippen LogP contribution in [0.15, 0.2) is 59.3 Å². The molecule has 12 heavy (non-hydrogen) atoms. The second kappa shape index (κ2) is 9.30. The zero-order chi connectivity index (χ0) is 9.07. The van der Waals surface area contributed by atoms with Crippen LogP contribution in [-0.2, 0) is 0 Å². The molecule has 0 radical (unpaired) electrons. The van der Waals surface area contributed by atoms with Crippen molar-refractivity contribution in [2.45, 2.75) is 0 Å². The first kappa shape index (κ1) is 10.3. The molecule has 0 spiro atoms. The van der Waals surface area contributed by atoms with E-state index < -0.39 is 0 Å². The number of rotatable bonds is 5. The summed E-state index contributed by atoms with van der Waals surface area (Å²) in [6.07, 6.45) is 13.8. The van der Waals surface area contributed by atoms with Gasteiger partial charge in [-0.1, -0.05) is 24.8 Å². The van der Waals surface area contributed by atoms with Gasteiger partial charge in [-0.15, -0.1) is 0 Å². The molecule has 0 aliphatic carbocycles. The highest BCUT2D eigenvalue weighted by molar-refractivity contribution is 5.70. The molecule has 62 valence electrons. The predicted molar refractivity (Wildman–Crippen MR) is 55.7 cm³/mol. The van der Waals surface area contributed by atoms with E-state index in [1.165, 1.54) is 0 Å². The van der Waals surface area contributed by atoms with Gasteiger partial charge < -0.3 is 0 Å². The van der Waals surface area contributed by atoms with Gasteiger partial charge in [-0.25, -0.2) is 0 Å². The standard InChI is InChI=1S/C10H12N2/c1-3-8-12-10-7-5-4-6-9-11-2/h3-10H,1-2H2/b5-4-,9-6+,10-7+,12-8?. The van der Waals surface area contributed by atoms with Crippen molar-refractivity contribution in [2.24, 2.45) is 9.98 Å². The van der Waals surface area contributed by atoms with Gasteiger partial charge in [0.2, 0.25) is 0 Å². The minimum absolute atomic E-state index is 1.61. The highest BCUT2D eigenvalue weighted by Gasteiger charge is 1.61. The molecule has 0 bridgehead atoms. The van der Waals surface area contributed by atoms with Crippen LogP contribution in [0.1, 0.15) is 0 Å². The van der Waals surface area contributed by atoms with E-state index in [0.717, 1.165) is 0 Å². The van der Waals surface area contributed by atoms with Crippen molar-refractivity contribution in [3.8, 4) is 0 Å². The monoisotopic (exact) mass is 160 g/mol. The lowest BCUT2D eigenvalue weighted by Crippen LogP contribution is -1.56. The lowest BCUT2D eigenvalue weighted by molar-refractivity contribution is 1.59. The van der Waals surface area contributed by atoms with Crippen LogP contribution in [0.25, 0.3) is 0 Å². The highest BCUT2D eigenvalue weighted by Crippen LogP contribution is 1.80. The largest absolute Gasteiger partial charge is 0.273 e. The Kier molecular flexibility index (Phi) is 7.98. The third-order valence-electron chi connectivity index (χ3n) is 0.888. The summed E-state index contributed by atoms with van der Waals surface area (Å²) in [5.41, 5.74) is 0. The fourth-order valence-electron chi connectivity index (χ4n) is 0.449. The average Bonchev–Trinajstić information content (AvgIpc) is 2.10. The second-order valence-corrected chi connectivity index (χ2v) is 1.78. The van der Waals surface area contributed by atoms with Gasteiger partial charge in [-0.3, -0.25) is 9.98 Å². The van der Waals surface area contributed by atoms with E-state index >= 15 is 0 Å². The van der Waals surface area contributed by atoms with E-state index in [-0.39, 0.29) is 0 Å². The molecular formula is C10H12N2. The molecule has 0 aromatic heterocycles. The minimum atomic E-state index is 1.61. The number of hydrogen-bond donors (Lipinski definition) is 0. The molecule has 0 N–H and O–H groups in total. The van der Waals surface area contributed by atoms with Gasteiger partial charge >= 0.3 is 0 Å². The van der Waals surface area contributed by atoms with Crippen LogP contribution in [0, 0.1) is 0 Å². The first-order valence-corrected chi connectivity index (χ1v) is 3.50. The molecule has 0 amide bonds. The Morgan fingerprint density at radius 3 is 2.17 bits per heavy atom. The van der Waals surface area contributed by atoms with E-state index in [2.05, 4.69) is 23.3 Å². The van der Waals surface area contributed by atoms with Crippen LogP contribution in [0.4, 0.5) is 0 Å². The summed E-state index contributed by atoms with van der Waals surface area (Å²) >= 11 is 0. The molecule has 0 saturated heterocycles. The van der Waals surface area contributed by atoms with Crippen LogP contribution in [0.3, 0.4) is 0 Å². The maximum absolute atomic E-state index is 3.87. The maximum Gasteiger partial charge on any atom is 0.0267 e. The summed E-state index contributed by atoms with van der Waals surface area (Å²) in [5.74, 6) is 0. The molecule has 0 saturated carbocycles. The topological polar surface area (TPSA) is 24.7 Å². The average molecular weight is 160 g/mol. The molecule has 0 atom stereocenters. The van der Waals surface area contributed by atoms with Gasteiger partial charge in [0.1, 0.15) is 0 Å². The predicted octanol–water partition coefficient (Wildman–Crippen LogP) is 2.53. The Bertz CT molecular complexity index is 206. The first-order valence-electron chi connectivity index (χ1n) is 3.50. The molecule has 2 heteroatoms. The van der Waals surface area contributed by atoms with Crippen molar-refractivity contribution in [3.05, 3.63) is 49.4 Å². The molecule has 0 fully saturated rings. The van der Waals surface area contributed by atoms with Crippen molar-refractivity contribution in [2.75, 3.05) is 0 Å². The van der Waals surface area contributed by atoms with Crippen molar-refractivity contribution < 1.29 is 0 Å². The van der Waals surface area contributed by atoms with Crippen LogP contribution in [-0.4, -0.2) is 12.9 Å². The van der Waals surface area contributed by atoms with E-state index in [9.17, 15) is 0 Å². The van der Waals surface area contributed by atoms with Gasteiger partial charge in [-0.2, -0.15) is 0 Å². The molecule has 0 aliphatic heterocycles. The number of allylic oxidation sites excluding steroid dienone is 5. The van der Waals surface area contributed by atoms with E-state index in [0.29, 0.717) is 0 Å². The molecule has 0 aromatic rings. The van der Waals surface area contributed by atoms with Gasteiger partial charge in [0.25, 0.3) is 0 Å². The summed E-state index contributed by atoms with van der Waals surface area (Å²) in [7, 11) is 0. The summed E-state index contributed by atoms with van der Waals surface area (Å²) in [4.78, 5) is 7.41. The number of aliphatic imine (C=N–C) groups is 2. The van der Waals surface area contributed by atoms with Crippen LogP contribution in [0.2, 0.25) is 0 Å².